The second-order valence-corrected chi connectivity index (χ2v) is 8.59. The predicted octanol–water partition coefficient (Wildman–Crippen LogP) is 2.28. The van der Waals surface area contributed by atoms with E-state index in [0.717, 1.165) is 49.9 Å². The van der Waals surface area contributed by atoms with Crippen LogP contribution < -0.4 is 0 Å². The van der Waals surface area contributed by atoms with Crippen molar-refractivity contribution in [3.8, 4) is 0 Å². The van der Waals surface area contributed by atoms with E-state index < -0.39 is 0 Å². The third-order valence-corrected chi connectivity index (χ3v) is 6.48. The number of ether oxygens (including phenoxy) is 1. The zero-order valence-corrected chi connectivity index (χ0v) is 17.7. The molecular weight excluding hydrogens is 366 g/mol. The van der Waals surface area contributed by atoms with Crippen LogP contribution in [0, 0.1) is 6.92 Å². The largest absolute Gasteiger partial charge is 0.376 e. The molecule has 3 aliphatic rings. The third-order valence-electron chi connectivity index (χ3n) is 6.48. The number of imide groups is 1. The molecule has 3 heterocycles. The van der Waals surface area contributed by atoms with Crippen molar-refractivity contribution in [2.75, 3.05) is 40.3 Å². The number of carbonyl (C=O) groups excluding carboxylic acids is 2. The second-order valence-electron chi connectivity index (χ2n) is 8.59. The summed E-state index contributed by atoms with van der Waals surface area (Å²) in [6.45, 7) is 5.09. The van der Waals surface area contributed by atoms with E-state index in [2.05, 4.69) is 16.8 Å². The highest BCUT2D eigenvalue weighted by molar-refractivity contribution is 6.35. The number of hydrogen-bond acceptors (Lipinski definition) is 5. The number of benzene rings is 1. The van der Waals surface area contributed by atoms with Gasteiger partial charge in [0.25, 0.3) is 11.8 Å². The summed E-state index contributed by atoms with van der Waals surface area (Å²) in [7, 11) is 4.10. The van der Waals surface area contributed by atoms with Gasteiger partial charge in [0.05, 0.1) is 18.2 Å². The highest BCUT2D eigenvalue weighted by Gasteiger charge is 2.43. The van der Waals surface area contributed by atoms with Crippen LogP contribution in [0.4, 0.5) is 0 Å². The highest BCUT2D eigenvalue weighted by Crippen LogP contribution is 2.34. The quantitative estimate of drug-likeness (QED) is 0.714. The molecule has 2 fully saturated rings. The normalized spacial score (nSPS) is 24.1. The molecule has 1 aromatic carbocycles. The Balaban J connectivity index is 1.67. The van der Waals surface area contributed by atoms with Crippen molar-refractivity contribution in [3.63, 3.8) is 0 Å². The number of nitrogens with zero attached hydrogens (tertiary/aromatic N) is 3. The Kier molecular flexibility index (Phi) is 5.74. The minimum absolute atomic E-state index is 0.0462. The van der Waals surface area contributed by atoms with Gasteiger partial charge < -0.3 is 14.5 Å². The van der Waals surface area contributed by atoms with Gasteiger partial charge in [-0.1, -0.05) is 29.8 Å². The molecule has 1 atom stereocenters. The van der Waals surface area contributed by atoms with Crippen LogP contribution in [0.3, 0.4) is 0 Å². The zero-order valence-electron chi connectivity index (χ0n) is 17.7. The molecule has 0 N–H and O–H groups in total. The van der Waals surface area contributed by atoms with Crippen LogP contribution in [0.2, 0.25) is 0 Å². The summed E-state index contributed by atoms with van der Waals surface area (Å²) in [5, 5.41) is 0. The maximum absolute atomic E-state index is 13.4. The maximum Gasteiger partial charge on any atom is 0.277 e. The summed E-state index contributed by atoms with van der Waals surface area (Å²) in [6, 6.07) is 8.16. The van der Waals surface area contributed by atoms with Gasteiger partial charge in [-0.25, -0.2) is 0 Å². The summed E-state index contributed by atoms with van der Waals surface area (Å²) < 4.78 is 5.71. The van der Waals surface area contributed by atoms with Crippen LogP contribution in [0.25, 0.3) is 5.57 Å². The van der Waals surface area contributed by atoms with Crippen molar-refractivity contribution in [1.29, 1.82) is 0 Å². The first-order valence-electron chi connectivity index (χ1n) is 10.7. The summed E-state index contributed by atoms with van der Waals surface area (Å²) in [6.07, 6.45) is 3.82. The van der Waals surface area contributed by atoms with Crippen LogP contribution in [0.15, 0.2) is 30.0 Å². The SMILES string of the molecule is Cc1ccc(C2=C(N(C)C3CCN(C)CC3)C(=O)N(CC3CCCO3)C2=O)cc1. The van der Waals surface area contributed by atoms with Crippen molar-refractivity contribution in [2.45, 2.75) is 44.8 Å². The Labute approximate surface area is 173 Å². The van der Waals surface area contributed by atoms with E-state index in [4.69, 9.17) is 4.74 Å². The van der Waals surface area contributed by atoms with Gasteiger partial charge in [0.15, 0.2) is 0 Å². The molecule has 0 radical (unpaired) electrons. The molecule has 0 spiro atoms. The molecule has 29 heavy (non-hydrogen) atoms. The smallest absolute Gasteiger partial charge is 0.277 e. The van der Waals surface area contributed by atoms with Crippen LogP contribution in [-0.2, 0) is 14.3 Å². The van der Waals surface area contributed by atoms with E-state index in [9.17, 15) is 9.59 Å². The Hall–Kier alpha value is -2.18. The minimum atomic E-state index is -0.191. The number of hydrogen-bond donors (Lipinski definition) is 0. The van der Waals surface area contributed by atoms with E-state index in [-0.39, 0.29) is 24.0 Å². The van der Waals surface area contributed by atoms with E-state index in [1.54, 1.807) is 0 Å². The average molecular weight is 398 g/mol. The van der Waals surface area contributed by atoms with Crippen molar-refractivity contribution in [1.82, 2.24) is 14.7 Å². The lowest BCUT2D eigenvalue weighted by molar-refractivity contribution is -0.139. The summed E-state index contributed by atoms with van der Waals surface area (Å²) >= 11 is 0. The number of rotatable bonds is 5. The Morgan fingerprint density at radius 1 is 1.07 bits per heavy atom. The average Bonchev–Trinajstić information content (AvgIpc) is 3.31. The second kappa shape index (κ2) is 8.28. The monoisotopic (exact) mass is 397 g/mol. The first kappa shape index (κ1) is 20.1. The van der Waals surface area contributed by atoms with E-state index >= 15 is 0 Å². The summed E-state index contributed by atoms with van der Waals surface area (Å²) in [4.78, 5) is 32.6. The van der Waals surface area contributed by atoms with Gasteiger partial charge in [-0.15, -0.1) is 0 Å². The fraction of sp³-hybridized carbons (Fsp3) is 0.565. The molecule has 4 rings (SSSR count). The Morgan fingerprint density at radius 2 is 1.76 bits per heavy atom. The molecule has 0 aromatic heterocycles. The molecule has 1 aromatic rings. The number of amides is 2. The molecule has 2 amide bonds. The number of likely N-dealkylation sites (N-methyl/N-ethyl adjacent to an activating group) is 1. The van der Waals surface area contributed by atoms with E-state index in [1.807, 2.05) is 38.2 Å². The molecule has 0 bridgehead atoms. The number of piperidine rings is 1. The topological polar surface area (TPSA) is 53.1 Å². The lowest BCUT2D eigenvalue weighted by atomic mass is 9.99. The molecule has 3 aliphatic heterocycles. The van der Waals surface area contributed by atoms with Gasteiger partial charge in [0.1, 0.15) is 5.70 Å². The molecule has 2 saturated heterocycles. The van der Waals surface area contributed by atoms with Crippen LogP contribution >= 0.6 is 0 Å². The molecule has 0 saturated carbocycles. The molecular formula is C23H31N3O3. The fourth-order valence-corrected chi connectivity index (χ4v) is 4.59. The van der Waals surface area contributed by atoms with Gasteiger partial charge in [0.2, 0.25) is 0 Å². The molecule has 0 aliphatic carbocycles. The third kappa shape index (κ3) is 3.96. The lowest BCUT2D eigenvalue weighted by Gasteiger charge is -2.36. The first-order valence-corrected chi connectivity index (χ1v) is 10.7. The van der Waals surface area contributed by atoms with Gasteiger partial charge in [-0.05, 0) is 58.3 Å². The number of aryl methyl sites for hydroxylation is 1. The Morgan fingerprint density at radius 3 is 2.38 bits per heavy atom. The van der Waals surface area contributed by atoms with E-state index in [1.165, 1.54) is 4.90 Å². The predicted molar refractivity (Wildman–Crippen MR) is 112 cm³/mol. The van der Waals surface area contributed by atoms with Crippen molar-refractivity contribution < 1.29 is 14.3 Å². The fourth-order valence-electron chi connectivity index (χ4n) is 4.59. The minimum Gasteiger partial charge on any atom is -0.376 e. The van der Waals surface area contributed by atoms with Crippen molar-refractivity contribution in [2.24, 2.45) is 0 Å². The maximum atomic E-state index is 13.4. The molecule has 6 nitrogen and oxygen atoms in total. The highest BCUT2D eigenvalue weighted by atomic mass is 16.5. The van der Waals surface area contributed by atoms with Gasteiger partial charge in [-0.2, -0.15) is 0 Å². The van der Waals surface area contributed by atoms with Gasteiger partial charge in [-0.3, -0.25) is 14.5 Å². The lowest BCUT2D eigenvalue weighted by Crippen LogP contribution is -2.44. The standard InChI is InChI=1S/C23H31N3O3/c1-16-6-8-17(9-7-16)20-21(25(3)18-10-12-24(2)13-11-18)23(28)26(22(20)27)15-19-5-4-14-29-19/h6-9,18-19H,4-5,10-15H2,1-3H3. The summed E-state index contributed by atoms with van der Waals surface area (Å²) in [5.41, 5.74) is 3.03. The van der Waals surface area contributed by atoms with Crippen LogP contribution in [-0.4, -0.2) is 79.0 Å². The first-order chi connectivity index (χ1) is 14.0. The van der Waals surface area contributed by atoms with Gasteiger partial charge >= 0.3 is 0 Å². The molecule has 1 unspecified atom stereocenters. The Bertz CT molecular complexity index is 803. The van der Waals surface area contributed by atoms with Crippen LogP contribution in [0.1, 0.15) is 36.8 Å². The van der Waals surface area contributed by atoms with E-state index in [0.29, 0.717) is 24.4 Å². The van der Waals surface area contributed by atoms with Crippen molar-refractivity contribution in [3.05, 3.63) is 41.1 Å². The number of carbonyl (C=O) groups is 2. The molecule has 156 valence electrons. The zero-order chi connectivity index (χ0) is 20.5. The molecule has 6 heteroatoms. The van der Waals surface area contributed by atoms with Gasteiger partial charge in [0, 0.05) is 19.7 Å². The van der Waals surface area contributed by atoms with Crippen molar-refractivity contribution >= 4 is 17.4 Å². The number of likely N-dealkylation sites (tertiary alicyclic amines) is 1. The summed E-state index contributed by atoms with van der Waals surface area (Å²) in [5.74, 6) is -0.369. The van der Waals surface area contributed by atoms with Crippen LogP contribution in [0.5, 0.6) is 0 Å².